The number of benzene rings is 1. The maximum atomic E-state index is 6.48. The molecule has 1 aromatic carbocycles. The van der Waals surface area contributed by atoms with E-state index < -0.39 is 0 Å². The Bertz CT molecular complexity index is 540. The Morgan fingerprint density at radius 1 is 1.27 bits per heavy atom. The first-order valence-electron chi connectivity index (χ1n) is 7.57. The highest BCUT2D eigenvalue weighted by molar-refractivity contribution is 6.33. The molecule has 0 spiro atoms. The van der Waals surface area contributed by atoms with Gasteiger partial charge in [-0.15, -0.1) is 0 Å². The van der Waals surface area contributed by atoms with Gasteiger partial charge in [0.25, 0.3) is 0 Å². The van der Waals surface area contributed by atoms with Crippen LogP contribution in [0.5, 0.6) is 11.5 Å². The maximum Gasteiger partial charge on any atom is 0.179 e. The molecule has 6 heteroatoms. The summed E-state index contributed by atoms with van der Waals surface area (Å²) in [4.78, 5) is 4.79. The minimum absolute atomic E-state index is 0.303. The number of likely N-dealkylation sites (N-methyl/N-ethyl adjacent to an activating group) is 1. The number of hydrogen-bond acceptors (Lipinski definition) is 5. The number of ether oxygens (including phenoxy) is 3. The summed E-state index contributed by atoms with van der Waals surface area (Å²) in [6.45, 7) is 4.57. The van der Waals surface area contributed by atoms with Crippen molar-refractivity contribution in [2.24, 2.45) is 0 Å². The van der Waals surface area contributed by atoms with Crippen molar-refractivity contribution in [1.29, 1.82) is 0 Å². The van der Waals surface area contributed by atoms with Crippen LogP contribution in [0.2, 0.25) is 5.02 Å². The standard InChI is InChI=1S/C16H23ClN2O3/c1-18-6-7-22-14-10-19(9-12(14)18)8-11-4-5-13(20-2)16(21-3)15(11)17/h4-5,12,14H,6-10H2,1-3H3/t12-,14-/m0/s1. The van der Waals surface area contributed by atoms with E-state index in [2.05, 4.69) is 16.8 Å². The fourth-order valence-corrected chi connectivity index (χ4v) is 3.65. The van der Waals surface area contributed by atoms with Crippen LogP contribution in [0.25, 0.3) is 0 Å². The van der Waals surface area contributed by atoms with Crippen LogP contribution in [0.1, 0.15) is 5.56 Å². The molecule has 5 nitrogen and oxygen atoms in total. The fraction of sp³-hybridized carbons (Fsp3) is 0.625. The molecule has 2 aliphatic heterocycles. The highest BCUT2D eigenvalue weighted by atomic mass is 35.5. The number of fused-ring (bicyclic) bond motifs is 1. The van der Waals surface area contributed by atoms with Crippen LogP contribution in [0.4, 0.5) is 0 Å². The molecule has 2 atom stereocenters. The molecule has 0 N–H and O–H groups in total. The predicted molar refractivity (Wildman–Crippen MR) is 86.0 cm³/mol. The smallest absolute Gasteiger partial charge is 0.179 e. The number of nitrogens with zero attached hydrogens (tertiary/aromatic N) is 2. The molecule has 2 heterocycles. The quantitative estimate of drug-likeness (QED) is 0.844. The van der Waals surface area contributed by atoms with Crippen molar-refractivity contribution in [2.45, 2.75) is 18.7 Å². The van der Waals surface area contributed by atoms with Gasteiger partial charge in [0.1, 0.15) is 0 Å². The molecule has 0 aromatic heterocycles. The molecule has 0 radical (unpaired) electrons. The van der Waals surface area contributed by atoms with Gasteiger partial charge in [-0.25, -0.2) is 0 Å². The van der Waals surface area contributed by atoms with Gasteiger partial charge < -0.3 is 14.2 Å². The second-order valence-corrected chi connectivity index (χ2v) is 6.30. The van der Waals surface area contributed by atoms with Gasteiger partial charge in [-0.2, -0.15) is 0 Å². The van der Waals surface area contributed by atoms with E-state index in [-0.39, 0.29) is 0 Å². The third-order valence-corrected chi connectivity index (χ3v) is 5.03. The van der Waals surface area contributed by atoms with E-state index in [1.165, 1.54) is 0 Å². The lowest BCUT2D eigenvalue weighted by atomic mass is 10.1. The Hall–Kier alpha value is -1.01. The van der Waals surface area contributed by atoms with Crippen molar-refractivity contribution in [3.63, 3.8) is 0 Å². The summed E-state index contributed by atoms with van der Waals surface area (Å²) in [6, 6.07) is 4.40. The van der Waals surface area contributed by atoms with Crippen LogP contribution in [0.15, 0.2) is 12.1 Å². The van der Waals surface area contributed by atoms with E-state index >= 15 is 0 Å². The molecule has 0 aliphatic carbocycles. The number of likely N-dealkylation sites (tertiary alicyclic amines) is 1. The number of halogens is 1. The molecule has 3 rings (SSSR count). The van der Waals surface area contributed by atoms with Crippen molar-refractivity contribution in [1.82, 2.24) is 9.80 Å². The number of methoxy groups -OCH3 is 2. The zero-order valence-corrected chi connectivity index (χ0v) is 14.1. The lowest BCUT2D eigenvalue weighted by molar-refractivity contribution is -0.0370. The zero-order valence-electron chi connectivity index (χ0n) is 13.3. The Morgan fingerprint density at radius 2 is 2.09 bits per heavy atom. The van der Waals surface area contributed by atoms with Crippen LogP contribution < -0.4 is 9.47 Å². The van der Waals surface area contributed by atoms with Crippen molar-refractivity contribution in [2.75, 3.05) is 47.5 Å². The van der Waals surface area contributed by atoms with Gasteiger partial charge in [0.05, 0.1) is 32.0 Å². The molecule has 122 valence electrons. The topological polar surface area (TPSA) is 34.2 Å². The van der Waals surface area contributed by atoms with Gasteiger partial charge in [0.15, 0.2) is 11.5 Å². The van der Waals surface area contributed by atoms with Crippen molar-refractivity contribution in [3.05, 3.63) is 22.7 Å². The average Bonchev–Trinajstić information content (AvgIpc) is 2.93. The molecule has 0 saturated carbocycles. The van der Waals surface area contributed by atoms with Gasteiger partial charge >= 0.3 is 0 Å². The van der Waals surface area contributed by atoms with E-state index in [1.807, 2.05) is 12.1 Å². The highest BCUT2D eigenvalue weighted by Crippen LogP contribution is 2.38. The van der Waals surface area contributed by atoms with E-state index in [1.54, 1.807) is 14.2 Å². The zero-order chi connectivity index (χ0) is 15.7. The SMILES string of the molecule is COc1ccc(CN2C[C@@H]3OCCN(C)[C@H]3C2)c(Cl)c1OC. The predicted octanol–water partition coefficient (Wildman–Crippen LogP) is 1.87. The van der Waals surface area contributed by atoms with Crippen LogP contribution in [-0.2, 0) is 11.3 Å². The normalized spacial score (nSPS) is 26.0. The Kier molecular flexibility index (Phi) is 4.78. The van der Waals surface area contributed by atoms with Crippen LogP contribution in [0, 0.1) is 0 Å². The second kappa shape index (κ2) is 6.62. The van der Waals surface area contributed by atoms with Crippen molar-refractivity contribution < 1.29 is 14.2 Å². The number of morpholine rings is 1. The first-order chi connectivity index (χ1) is 10.6. The van der Waals surface area contributed by atoms with E-state index in [9.17, 15) is 0 Å². The van der Waals surface area contributed by atoms with Gasteiger partial charge in [0, 0.05) is 32.2 Å². The molecule has 2 aliphatic rings. The summed E-state index contributed by atoms with van der Waals surface area (Å²) in [5, 5.41) is 0.631. The summed E-state index contributed by atoms with van der Waals surface area (Å²) < 4.78 is 16.5. The van der Waals surface area contributed by atoms with Gasteiger partial charge in [-0.1, -0.05) is 17.7 Å². The summed E-state index contributed by atoms with van der Waals surface area (Å²) >= 11 is 6.48. The van der Waals surface area contributed by atoms with Gasteiger partial charge in [-0.05, 0) is 18.7 Å². The first kappa shape index (κ1) is 15.9. The Balaban J connectivity index is 1.74. The molecule has 0 unspecified atom stereocenters. The van der Waals surface area contributed by atoms with E-state index in [0.29, 0.717) is 28.7 Å². The third kappa shape index (κ3) is 2.91. The van der Waals surface area contributed by atoms with Gasteiger partial charge in [-0.3, -0.25) is 9.80 Å². The number of hydrogen-bond donors (Lipinski definition) is 0. The molecular formula is C16H23ClN2O3. The summed E-state index contributed by atoms with van der Waals surface area (Å²) in [5.41, 5.74) is 1.06. The molecule has 0 amide bonds. The monoisotopic (exact) mass is 326 g/mol. The average molecular weight is 327 g/mol. The molecule has 2 saturated heterocycles. The summed E-state index contributed by atoms with van der Waals surface area (Å²) in [5.74, 6) is 1.26. The summed E-state index contributed by atoms with van der Waals surface area (Å²) in [7, 11) is 5.40. The lowest BCUT2D eigenvalue weighted by Crippen LogP contribution is -2.48. The minimum Gasteiger partial charge on any atom is -0.493 e. The third-order valence-electron chi connectivity index (χ3n) is 4.61. The summed E-state index contributed by atoms with van der Waals surface area (Å²) in [6.07, 6.45) is 0.303. The molecule has 1 aromatic rings. The Morgan fingerprint density at radius 3 is 2.77 bits per heavy atom. The highest BCUT2D eigenvalue weighted by Gasteiger charge is 2.38. The molecule has 22 heavy (non-hydrogen) atoms. The second-order valence-electron chi connectivity index (χ2n) is 5.93. The minimum atomic E-state index is 0.303. The van der Waals surface area contributed by atoms with E-state index in [0.717, 1.165) is 38.3 Å². The maximum absolute atomic E-state index is 6.48. The van der Waals surface area contributed by atoms with Crippen molar-refractivity contribution >= 4 is 11.6 Å². The van der Waals surface area contributed by atoms with Crippen LogP contribution >= 0.6 is 11.6 Å². The van der Waals surface area contributed by atoms with E-state index in [4.69, 9.17) is 25.8 Å². The molecule has 2 fully saturated rings. The molecule has 0 bridgehead atoms. The number of rotatable bonds is 4. The molecular weight excluding hydrogens is 304 g/mol. The largest absolute Gasteiger partial charge is 0.493 e. The van der Waals surface area contributed by atoms with Crippen LogP contribution in [0.3, 0.4) is 0 Å². The van der Waals surface area contributed by atoms with Gasteiger partial charge in [0.2, 0.25) is 0 Å². The first-order valence-corrected chi connectivity index (χ1v) is 7.95. The Labute approximate surface area is 136 Å². The van der Waals surface area contributed by atoms with Crippen LogP contribution in [-0.4, -0.2) is 69.5 Å². The lowest BCUT2D eigenvalue weighted by Gasteiger charge is -2.33. The van der Waals surface area contributed by atoms with Crippen molar-refractivity contribution in [3.8, 4) is 11.5 Å². The fourth-order valence-electron chi connectivity index (χ4n) is 3.36.